The highest BCUT2D eigenvalue weighted by molar-refractivity contribution is 7.85. The van der Waals surface area contributed by atoms with Gasteiger partial charge in [0.2, 0.25) is 5.69 Å². The van der Waals surface area contributed by atoms with Crippen LogP contribution in [0.3, 0.4) is 0 Å². The highest BCUT2D eigenvalue weighted by atomic mass is 35.5. The van der Waals surface area contributed by atoms with Gasteiger partial charge in [0.15, 0.2) is 5.71 Å². The second kappa shape index (κ2) is 14.7. The van der Waals surface area contributed by atoms with Crippen LogP contribution < -0.4 is 4.90 Å². The molecule has 0 unspecified atom stereocenters. The third kappa shape index (κ3) is 8.48. The van der Waals surface area contributed by atoms with Gasteiger partial charge in [-0.1, -0.05) is 74.0 Å². The smallest absolute Gasteiger partial charge is 0.264 e. The van der Waals surface area contributed by atoms with Gasteiger partial charge in [0, 0.05) is 58.3 Å². The number of hydrogen-bond acceptors (Lipinski definition) is 6. The van der Waals surface area contributed by atoms with Gasteiger partial charge in [-0.25, -0.2) is 8.42 Å². The van der Waals surface area contributed by atoms with E-state index in [9.17, 15) is 25.9 Å². The van der Waals surface area contributed by atoms with E-state index in [0.29, 0.717) is 38.8 Å². The van der Waals surface area contributed by atoms with Crippen molar-refractivity contribution in [2.45, 2.75) is 83.5 Å². The van der Waals surface area contributed by atoms with E-state index in [4.69, 9.17) is 11.6 Å². The molecular weight excluding hydrogens is 680 g/mol. The van der Waals surface area contributed by atoms with Crippen molar-refractivity contribution in [3.05, 3.63) is 106 Å². The van der Waals surface area contributed by atoms with Gasteiger partial charge >= 0.3 is 0 Å². The fourth-order valence-electron chi connectivity index (χ4n) is 7.43. The molecule has 2 aliphatic heterocycles. The minimum Gasteiger partial charge on any atom is -0.748 e. The lowest BCUT2D eigenvalue weighted by Crippen LogP contribution is -2.28. The summed E-state index contributed by atoms with van der Waals surface area (Å²) in [6, 6.07) is 16.6. The van der Waals surface area contributed by atoms with Gasteiger partial charge in [-0.05, 0) is 81.2 Å². The number of hydrogen-bond donors (Lipinski definition) is 1. The molecule has 0 amide bonds. The molecule has 0 saturated heterocycles. The van der Waals surface area contributed by atoms with Crippen LogP contribution in [0.4, 0.5) is 11.4 Å². The molecule has 2 heterocycles. The molecule has 2 aromatic carbocycles. The van der Waals surface area contributed by atoms with Gasteiger partial charge in [0.05, 0.1) is 21.3 Å². The van der Waals surface area contributed by atoms with E-state index in [2.05, 4.69) is 85.7 Å². The number of nitrogens with zero attached hydrogens (tertiary/aromatic N) is 2. The summed E-state index contributed by atoms with van der Waals surface area (Å²) < 4.78 is 67.7. The molecule has 0 saturated carbocycles. The first-order valence-electron chi connectivity index (χ1n) is 17.0. The first-order valence-corrected chi connectivity index (χ1v) is 20.6. The SMILES string of the molecule is CC1(C)C(/C=C/C2=C(Cl)C(=C/C=C3/N(CCCCS(=O)(=O)[O-])c4ccccc4C3(C)C)/CCC2)=[N+](CCCCS(=O)(=O)O)c2ccccc21. The Kier molecular flexibility index (Phi) is 11.2. The Morgan fingerprint density at radius 2 is 1.53 bits per heavy atom. The van der Waals surface area contributed by atoms with E-state index in [1.807, 2.05) is 24.3 Å². The molecule has 11 heteroatoms. The van der Waals surface area contributed by atoms with Crippen molar-refractivity contribution in [3.63, 3.8) is 0 Å². The van der Waals surface area contributed by atoms with Crippen LogP contribution >= 0.6 is 11.6 Å². The number of rotatable bonds is 13. The van der Waals surface area contributed by atoms with E-state index in [0.717, 1.165) is 58.2 Å². The summed E-state index contributed by atoms with van der Waals surface area (Å²) in [6.45, 7) is 10.0. The number of anilines is 1. The highest BCUT2D eigenvalue weighted by Gasteiger charge is 2.44. The van der Waals surface area contributed by atoms with E-state index < -0.39 is 20.2 Å². The molecule has 0 atom stereocenters. The Bertz CT molecular complexity index is 1970. The van der Waals surface area contributed by atoms with Crippen molar-refractivity contribution in [1.29, 1.82) is 0 Å². The minimum atomic E-state index is -4.25. The molecular formula is C38H47ClN2O6S2. The zero-order chi connectivity index (χ0) is 35.6. The monoisotopic (exact) mass is 726 g/mol. The maximum Gasteiger partial charge on any atom is 0.264 e. The van der Waals surface area contributed by atoms with Gasteiger partial charge in [-0.3, -0.25) is 4.55 Å². The largest absolute Gasteiger partial charge is 0.748 e. The second-order valence-corrected chi connectivity index (χ2v) is 17.7. The van der Waals surface area contributed by atoms with Crippen LogP contribution in [0.25, 0.3) is 0 Å². The second-order valence-electron chi connectivity index (χ2n) is 14.2. The van der Waals surface area contributed by atoms with Gasteiger partial charge in [0.1, 0.15) is 6.54 Å². The van der Waals surface area contributed by atoms with Crippen LogP contribution in [-0.2, 0) is 31.1 Å². The van der Waals surface area contributed by atoms with Gasteiger partial charge in [-0.2, -0.15) is 13.0 Å². The average Bonchev–Trinajstić information content (AvgIpc) is 3.37. The number of benzene rings is 2. The van der Waals surface area contributed by atoms with E-state index in [1.165, 1.54) is 11.1 Å². The number of para-hydroxylation sites is 2. The van der Waals surface area contributed by atoms with E-state index in [1.54, 1.807) is 0 Å². The van der Waals surface area contributed by atoms with Crippen LogP contribution in [0, 0.1) is 0 Å². The fourth-order valence-corrected chi connectivity index (χ4v) is 8.88. The summed E-state index contributed by atoms with van der Waals surface area (Å²) in [5.41, 5.74) is 8.39. The standard InChI is InChI=1S/C38H47ClN2O6S2/c1-37(2)30-16-5-7-18-32(30)40(24-9-11-26-48(42,43)44)34(37)22-20-28-14-13-15-29(36(28)39)21-23-35-38(3,4)31-17-6-8-19-33(31)41(35)25-10-12-27-49(45,46)47/h5-8,16-23H,9-15,24-27H2,1-4H3,(H-,42,43,44,45,46,47). The molecule has 0 spiro atoms. The Hall–Kier alpha value is -3.02. The number of fused-ring (bicyclic) bond motifs is 2. The molecule has 0 fully saturated rings. The minimum absolute atomic E-state index is 0.252. The summed E-state index contributed by atoms with van der Waals surface area (Å²) in [6.07, 6.45) is 13.1. The summed E-state index contributed by atoms with van der Waals surface area (Å²) in [4.78, 5) is 2.24. The Balaban J connectivity index is 1.44. The van der Waals surface area contributed by atoms with Gasteiger partial charge in [0.25, 0.3) is 10.1 Å². The van der Waals surface area contributed by atoms with Crippen LogP contribution in [0.2, 0.25) is 0 Å². The third-order valence-corrected chi connectivity index (χ3v) is 12.1. The highest BCUT2D eigenvalue weighted by Crippen LogP contribution is 2.48. The zero-order valence-corrected chi connectivity index (χ0v) is 31.2. The molecule has 5 rings (SSSR count). The van der Waals surface area contributed by atoms with Crippen LogP contribution in [0.15, 0.2) is 94.7 Å². The average molecular weight is 727 g/mol. The van der Waals surface area contributed by atoms with Crippen LogP contribution in [0.1, 0.15) is 83.8 Å². The number of allylic oxidation sites excluding steroid dienone is 8. The summed E-state index contributed by atoms with van der Waals surface area (Å²) in [5, 5.41) is 0.744. The first-order chi connectivity index (χ1) is 23.0. The van der Waals surface area contributed by atoms with Crippen molar-refractivity contribution in [1.82, 2.24) is 0 Å². The molecule has 3 aliphatic rings. The molecule has 49 heavy (non-hydrogen) atoms. The summed E-state index contributed by atoms with van der Waals surface area (Å²) in [7, 11) is -8.25. The van der Waals surface area contributed by atoms with E-state index >= 15 is 0 Å². The Morgan fingerprint density at radius 3 is 2.24 bits per heavy atom. The first kappa shape index (κ1) is 37.2. The van der Waals surface area contributed by atoms with Crippen molar-refractivity contribution < 1.29 is 30.5 Å². The molecule has 264 valence electrons. The maximum absolute atomic E-state index is 11.3. The van der Waals surface area contributed by atoms with Crippen LogP contribution in [-0.4, -0.2) is 60.8 Å². The number of halogens is 1. The molecule has 1 aliphatic carbocycles. The molecule has 2 aromatic rings. The Labute approximate surface area is 297 Å². The van der Waals surface area contributed by atoms with Gasteiger partial charge < -0.3 is 9.45 Å². The van der Waals surface area contributed by atoms with E-state index in [-0.39, 0.29) is 22.3 Å². The lowest BCUT2D eigenvalue weighted by molar-refractivity contribution is -0.438. The summed E-state index contributed by atoms with van der Waals surface area (Å²) >= 11 is 7.13. The lowest BCUT2D eigenvalue weighted by atomic mass is 9.81. The predicted molar refractivity (Wildman–Crippen MR) is 198 cm³/mol. The molecule has 8 nitrogen and oxygen atoms in total. The maximum atomic E-state index is 11.3. The predicted octanol–water partition coefficient (Wildman–Crippen LogP) is 7.90. The van der Waals surface area contributed by atoms with Crippen molar-refractivity contribution in [2.75, 3.05) is 29.5 Å². The fraction of sp³-hybridized carbons (Fsp3) is 0.447. The topological polar surface area (TPSA) is 118 Å². The van der Waals surface area contributed by atoms with Crippen molar-refractivity contribution in [2.24, 2.45) is 0 Å². The zero-order valence-electron chi connectivity index (χ0n) is 28.8. The van der Waals surface area contributed by atoms with Crippen molar-refractivity contribution in [3.8, 4) is 0 Å². The number of unbranched alkanes of at least 4 members (excludes halogenated alkanes) is 2. The molecule has 0 bridgehead atoms. The lowest BCUT2D eigenvalue weighted by Gasteiger charge is -2.27. The molecule has 0 radical (unpaired) electrons. The molecule has 0 aromatic heterocycles. The normalized spacial score (nSPS) is 20.6. The summed E-state index contributed by atoms with van der Waals surface area (Å²) in [5.74, 6) is -0.614. The third-order valence-electron chi connectivity index (χ3n) is 10.00. The van der Waals surface area contributed by atoms with Gasteiger partial charge in [-0.15, -0.1) is 0 Å². The van der Waals surface area contributed by atoms with Crippen molar-refractivity contribution >= 4 is 48.9 Å². The van der Waals surface area contributed by atoms with Crippen LogP contribution in [0.5, 0.6) is 0 Å². The quantitative estimate of drug-likeness (QED) is 0.127. The molecule has 1 N–H and O–H groups in total. The Morgan fingerprint density at radius 1 is 0.857 bits per heavy atom.